The number of hydrogen-bond donors (Lipinski definition) is 1. The third-order valence-corrected chi connectivity index (χ3v) is 5.89. The first kappa shape index (κ1) is 24.4. The topological polar surface area (TPSA) is 58.6 Å². The normalized spacial score (nSPS) is 12.7. The Balaban J connectivity index is 2.26. The second kappa shape index (κ2) is 11.5. The molecule has 0 spiro atoms. The molecule has 0 radical (unpaired) electrons. The molecule has 31 heavy (non-hydrogen) atoms. The van der Waals surface area contributed by atoms with Gasteiger partial charge in [-0.1, -0.05) is 50.2 Å². The first-order chi connectivity index (χ1) is 14.8. The summed E-state index contributed by atoms with van der Waals surface area (Å²) in [5, 5.41) is 3.03. The molecule has 0 aliphatic heterocycles. The molecule has 2 atom stereocenters. The lowest BCUT2D eigenvalue weighted by atomic mass is 10.1. The van der Waals surface area contributed by atoms with Crippen molar-refractivity contribution in [3.05, 3.63) is 64.7 Å². The van der Waals surface area contributed by atoms with Gasteiger partial charge in [0.2, 0.25) is 5.91 Å². The average Bonchev–Trinajstić information content (AvgIpc) is 2.75. The Bertz CT molecular complexity index is 894. The van der Waals surface area contributed by atoms with E-state index in [2.05, 4.69) is 5.32 Å². The van der Waals surface area contributed by atoms with Crippen LogP contribution >= 0.6 is 0 Å². The number of amides is 2. The first-order valence-electron chi connectivity index (χ1n) is 11.1. The van der Waals surface area contributed by atoms with E-state index in [0.29, 0.717) is 18.7 Å². The van der Waals surface area contributed by atoms with E-state index in [0.717, 1.165) is 28.7 Å². The maximum absolute atomic E-state index is 13.3. The number of nitrogens with zero attached hydrogens (tertiary/aromatic N) is 1. The minimum atomic E-state index is -0.552. The molecule has 0 unspecified atom stereocenters. The SMILES string of the molecule is CC[C@@H](C)NC(=O)[C@@H](CC)N(Cc1ccccc1C)C(=O)COc1cccc(C)c1C. The van der Waals surface area contributed by atoms with Gasteiger partial charge >= 0.3 is 0 Å². The van der Waals surface area contributed by atoms with Gasteiger partial charge < -0.3 is 15.0 Å². The lowest BCUT2D eigenvalue weighted by Crippen LogP contribution is -2.51. The van der Waals surface area contributed by atoms with Crippen molar-refractivity contribution in [1.29, 1.82) is 0 Å². The second-order valence-corrected chi connectivity index (χ2v) is 8.18. The van der Waals surface area contributed by atoms with Gasteiger partial charge in [0, 0.05) is 12.6 Å². The third-order valence-electron chi connectivity index (χ3n) is 5.89. The lowest BCUT2D eigenvalue weighted by Gasteiger charge is -2.32. The quantitative estimate of drug-likeness (QED) is 0.601. The van der Waals surface area contributed by atoms with Gasteiger partial charge in [0.15, 0.2) is 6.61 Å². The van der Waals surface area contributed by atoms with Crippen LogP contribution in [0.15, 0.2) is 42.5 Å². The van der Waals surface area contributed by atoms with Crippen LogP contribution in [0.25, 0.3) is 0 Å². The van der Waals surface area contributed by atoms with Gasteiger partial charge in [0.1, 0.15) is 11.8 Å². The molecular weight excluding hydrogens is 388 g/mol. The van der Waals surface area contributed by atoms with Crippen LogP contribution in [0.4, 0.5) is 0 Å². The Morgan fingerprint density at radius 2 is 1.65 bits per heavy atom. The number of hydrogen-bond acceptors (Lipinski definition) is 3. The summed E-state index contributed by atoms with van der Waals surface area (Å²) in [4.78, 5) is 28.0. The van der Waals surface area contributed by atoms with Crippen molar-refractivity contribution in [2.45, 2.75) is 73.0 Å². The van der Waals surface area contributed by atoms with Gasteiger partial charge in [-0.05, 0) is 68.9 Å². The van der Waals surface area contributed by atoms with Crippen LogP contribution in [0.3, 0.4) is 0 Å². The van der Waals surface area contributed by atoms with Crippen LogP contribution < -0.4 is 10.1 Å². The van der Waals surface area contributed by atoms with Gasteiger partial charge in [-0.15, -0.1) is 0 Å². The van der Waals surface area contributed by atoms with Crippen molar-refractivity contribution in [2.75, 3.05) is 6.61 Å². The molecule has 0 fully saturated rings. The van der Waals surface area contributed by atoms with Crippen LogP contribution in [-0.2, 0) is 16.1 Å². The van der Waals surface area contributed by atoms with E-state index in [1.54, 1.807) is 4.90 Å². The Morgan fingerprint density at radius 1 is 0.968 bits per heavy atom. The highest BCUT2D eigenvalue weighted by Crippen LogP contribution is 2.21. The first-order valence-corrected chi connectivity index (χ1v) is 11.1. The Hall–Kier alpha value is -2.82. The minimum absolute atomic E-state index is 0.0585. The Morgan fingerprint density at radius 3 is 2.29 bits per heavy atom. The van der Waals surface area contributed by atoms with Gasteiger partial charge in [-0.2, -0.15) is 0 Å². The zero-order chi connectivity index (χ0) is 23.0. The molecule has 0 saturated carbocycles. The maximum Gasteiger partial charge on any atom is 0.261 e. The maximum atomic E-state index is 13.3. The molecule has 168 valence electrons. The highest BCUT2D eigenvalue weighted by atomic mass is 16.5. The van der Waals surface area contributed by atoms with Crippen LogP contribution in [0.2, 0.25) is 0 Å². The molecule has 0 heterocycles. The number of nitrogens with one attached hydrogen (secondary N) is 1. The molecule has 5 nitrogen and oxygen atoms in total. The number of aryl methyl sites for hydroxylation is 2. The minimum Gasteiger partial charge on any atom is -0.483 e. The standard InChI is InChI=1S/C26H36N2O3/c1-7-20(5)27-26(30)23(8-2)28(16-22-14-10-9-12-19(22)4)25(29)17-31-24-15-11-13-18(3)21(24)6/h9-15,20,23H,7-8,16-17H2,1-6H3,(H,27,30)/t20-,23-/m1/s1. The molecule has 2 aromatic rings. The molecule has 2 rings (SSSR count). The zero-order valence-electron chi connectivity index (χ0n) is 19.7. The predicted molar refractivity (Wildman–Crippen MR) is 125 cm³/mol. The summed E-state index contributed by atoms with van der Waals surface area (Å²) in [6.07, 6.45) is 1.37. The summed E-state index contributed by atoms with van der Waals surface area (Å²) in [5.74, 6) is 0.377. The van der Waals surface area contributed by atoms with Gasteiger partial charge in [-0.3, -0.25) is 9.59 Å². The van der Waals surface area contributed by atoms with Crippen molar-refractivity contribution in [1.82, 2.24) is 10.2 Å². The summed E-state index contributed by atoms with van der Waals surface area (Å²) >= 11 is 0. The number of ether oxygens (including phenoxy) is 1. The zero-order valence-corrected chi connectivity index (χ0v) is 19.7. The van der Waals surface area contributed by atoms with Crippen molar-refractivity contribution >= 4 is 11.8 Å². The van der Waals surface area contributed by atoms with E-state index in [-0.39, 0.29) is 24.5 Å². The predicted octanol–water partition coefficient (Wildman–Crippen LogP) is 4.71. The van der Waals surface area contributed by atoms with Crippen LogP contribution in [0.1, 0.15) is 55.9 Å². The summed E-state index contributed by atoms with van der Waals surface area (Å²) in [5.41, 5.74) is 4.24. The summed E-state index contributed by atoms with van der Waals surface area (Å²) < 4.78 is 5.88. The molecule has 0 aliphatic carbocycles. The number of carbonyl (C=O) groups is 2. The van der Waals surface area contributed by atoms with Crippen LogP contribution in [0, 0.1) is 20.8 Å². The number of benzene rings is 2. The summed E-state index contributed by atoms with van der Waals surface area (Å²) in [6, 6.07) is 13.3. The second-order valence-electron chi connectivity index (χ2n) is 8.18. The van der Waals surface area contributed by atoms with Crippen molar-refractivity contribution in [2.24, 2.45) is 0 Å². The fourth-order valence-electron chi connectivity index (χ4n) is 3.43. The van der Waals surface area contributed by atoms with E-state index in [4.69, 9.17) is 4.74 Å². The largest absolute Gasteiger partial charge is 0.483 e. The summed E-state index contributed by atoms with van der Waals surface area (Å²) in [6.45, 7) is 12.2. The molecular formula is C26H36N2O3. The fraction of sp³-hybridized carbons (Fsp3) is 0.462. The molecule has 0 bridgehead atoms. The van der Waals surface area contributed by atoms with Gasteiger partial charge in [0.05, 0.1) is 0 Å². The average molecular weight is 425 g/mol. The molecule has 2 amide bonds. The van der Waals surface area contributed by atoms with E-state index < -0.39 is 6.04 Å². The molecule has 0 saturated heterocycles. The Labute approximate surface area is 186 Å². The van der Waals surface area contributed by atoms with Crippen LogP contribution in [-0.4, -0.2) is 35.4 Å². The monoisotopic (exact) mass is 424 g/mol. The number of carbonyl (C=O) groups excluding carboxylic acids is 2. The van der Waals surface area contributed by atoms with Crippen molar-refractivity contribution in [3.8, 4) is 5.75 Å². The fourth-order valence-corrected chi connectivity index (χ4v) is 3.43. The molecule has 2 aromatic carbocycles. The van der Waals surface area contributed by atoms with Crippen molar-refractivity contribution in [3.63, 3.8) is 0 Å². The third kappa shape index (κ3) is 6.58. The molecule has 5 heteroatoms. The van der Waals surface area contributed by atoms with E-state index in [9.17, 15) is 9.59 Å². The highest BCUT2D eigenvalue weighted by molar-refractivity contribution is 5.88. The van der Waals surface area contributed by atoms with Gasteiger partial charge in [0.25, 0.3) is 5.91 Å². The van der Waals surface area contributed by atoms with E-state index in [1.165, 1.54) is 0 Å². The summed E-state index contributed by atoms with van der Waals surface area (Å²) in [7, 11) is 0. The van der Waals surface area contributed by atoms with E-state index >= 15 is 0 Å². The highest BCUT2D eigenvalue weighted by Gasteiger charge is 2.29. The lowest BCUT2D eigenvalue weighted by molar-refractivity contribution is -0.143. The van der Waals surface area contributed by atoms with Gasteiger partial charge in [-0.25, -0.2) is 0 Å². The number of rotatable bonds is 10. The molecule has 0 aliphatic rings. The van der Waals surface area contributed by atoms with Crippen molar-refractivity contribution < 1.29 is 14.3 Å². The van der Waals surface area contributed by atoms with E-state index in [1.807, 2.05) is 84.0 Å². The molecule has 0 aromatic heterocycles. The smallest absolute Gasteiger partial charge is 0.261 e. The van der Waals surface area contributed by atoms with Crippen LogP contribution in [0.5, 0.6) is 5.75 Å². The Kier molecular flexibility index (Phi) is 9.10. The molecule has 1 N–H and O–H groups in total.